The zero-order valence-electron chi connectivity index (χ0n) is 11.7. The monoisotopic (exact) mass is 320 g/mol. The Morgan fingerprint density at radius 1 is 1.19 bits per heavy atom. The van der Waals surface area contributed by atoms with Gasteiger partial charge in [-0.3, -0.25) is 4.79 Å². The maximum absolute atomic E-state index is 12.4. The summed E-state index contributed by atoms with van der Waals surface area (Å²) < 4.78 is 37.3. The van der Waals surface area contributed by atoms with Crippen molar-refractivity contribution in [3.8, 4) is 0 Å². The highest BCUT2D eigenvalue weighted by molar-refractivity contribution is 7.13. The normalized spacial score (nSPS) is 25.0. The van der Waals surface area contributed by atoms with Crippen LogP contribution in [0.3, 0.4) is 0 Å². The average molecular weight is 320 g/mol. The third-order valence-corrected chi connectivity index (χ3v) is 5.02. The number of nitrogens with zero attached hydrogens (tertiary/aromatic N) is 1. The Morgan fingerprint density at radius 2 is 1.81 bits per heavy atom. The van der Waals surface area contributed by atoms with Gasteiger partial charge in [0.25, 0.3) is 5.78 Å². The third-order valence-electron chi connectivity index (χ3n) is 3.86. The van der Waals surface area contributed by atoms with Crippen molar-refractivity contribution in [2.75, 3.05) is 0 Å². The van der Waals surface area contributed by atoms with Crippen molar-refractivity contribution in [3.63, 3.8) is 0 Å². The van der Waals surface area contributed by atoms with Gasteiger partial charge in [-0.1, -0.05) is 19.3 Å². The van der Waals surface area contributed by atoms with Crippen molar-refractivity contribution in [2.24, 2.45) is 5.73 Å². The van der Waals surface area contributed by atoms with E-state index in [1.807, 2.05) is 0 Å². The Balaban J connectivity index is 2.07. The number of carbonyl (C=O) groups is 1. The molecular weight excluding hydrogens is 301 g/mol. The molecule has 1 aromatic rings. The van der Waals surface area contributed by atoms with Crippen molar-refractivity contribution in [1.29, 1.82) is 0 Å². The summed E-state index contributed by atoms with van der Waals surface area (Å²) in [6, 6.07) is 0.224. The van der Waals surface area contributed by atoms with Crippen LogP contribution in [0.25, 0.3) is 0 Å². The van der Waals surface area contributed by atoms with Crippen molar-refractivity contribution in [2.45, 2.75) is 63.1 Å². The van der Waals surface area contributed by atoms with Crippen LogP contribution in [-0.2, 0) is 0 Å². The number of hydrogen-bond acceptors (Lipinski definition) is 4. The Kier molecular flexibility index (Phi) is 5.37. The van der Waals surface area contributed by atoms with Gasteiger partial charge in [0.15, 0.2) is 0 Å². The predicted molar refractivity (Wildman–Crippen MR) is 75.5 cm³/mol. The van der Waals surface area contributed by atoms with Crippen molar-refractivity contribution < 1.29 is 18.0 Å². The highest BCUT2D eigenvalue weighted by Gasteiger charge is 2.40. The Hall–Kier alpha value is -0.950. The van der Waals surface area contributed by atoms with E-state index in [1.54, 1.807) is 0 Å². The molecule has 7 heteroatoms. The standard InChI is InChI=1S/C14H19F3N2OS/c15-14(16,17)12(20)11-8-19-13(21-11)9-4-1-2-6-10(18)7-3-5-9/h8-10H,1-7,18H2. The second kappa shape index (κ2) is 6.87. The lowest BCUT2D eigenvalue weighted by molar-refractivity contribution is -0.0882. The molecular formula is C14H19F3N2OS. The number of carbonyl (C=O) groups excluding carboxylic acids is 1. The lowest BCUT2D eigenvalue weighted by atomic mass is 9.98. The molecule has 1 saturated carbocycles. The fourth-order valence-corrected chi connectivity index (χ4v) is 3.73. The fourth-order valence-electron chi connectivity index (χ4n) is 2.68. The minimum atomic E-state index is -4.82. The molecule has 0 aliphatic heterocycles. The minimum Gasteiger partial charge on any atom is -0.328 e. The zero-order valence-corrected chi connectivity index (χ0v) is 12.5. The number of rotatable bonds is 2. The molecule has 1 aromatic heterocycles. The summed E-state index contributed by atoms with van der Waals surface area (Å²) in [4.78, 5) is 15.0. The summed E-state index contributed by atoms with van der Waals surface area (Å²) in [5.74, 6) is -1.65. The molecule has 118 valence electrons. The highest BCUT2D eigenvalue weighted by atomic mass is 32.1. The van der Waals surface area contributed by atoms with E-state index >= 15 is 0 Å². The van der Waals surface area contributed by atoms with Gasteiger partial charge in [0, 0.05) is 18.2 Å². The molecule has 0 bridgehead atoms. The molecule has 1 fully saturated rings. The number of Topliss-reactive ketones (excluding diaryl/α,β-unsaturated/α-hetero) is 1. The van der Waals surface area contributed by atoms with Gasteiger partial charge < -0.3 is 5.73 Å². The first-order chi connectivity index (χ1) is 9.88. The molecule has 0 aromatic carbocycles. The van der Waals surface area contributed by atoms with Gasteiger partial charge in [-0.15, -0.1) is 11.3 Å². The molecule has 2 rings (SSSR count). The van der Waals surface area contributed by atoms with Gasteiger partial charge in [-0.25, -0.2) is 4.98 Å². The van der Waals surface area contributed by atoms with Crippen molar-refractivity contribution in [1.82, 2.24) is 4.98 Å². The highest BCUT2D eigenvalue weighted by Crippen LogP contribution is 2.34. The van der Waals surface area contributed by atoms with Crippen LogP contribution in [0.2, 0.25) is 0 Å². The first-order valence-corrected chi connectivity index (χ1v) is 8.02. The lowest BCUT2D eigenvalue weighted by Gasteiger charge is -2.12. The molecule has 0 amide bonds. The summed E-state index contributed by atoms with van der Waals surface area (Å²) in [5.41, 5.74) is 5.97. The number of thiazole rings is 1. The van der Waals surface area contributed by atoms with Crippen LogP contribution in [0.4, 0.5) is 13.2 Å². The van der Waals surface area contributed by atoms with Crippen LogP contribution < -0.4 is 5.73 Å². The van der Waals surface area contributed by atoms with E-state index in [4.69, 9.17) is 5.73 Å². The summed E-state index contributed by atoms with van der Waals surface area (Å²) in [6.45, 7) is 0. The van der Waals surface area contributed by atoms with E-state index in [0.717, 1.165) is 62.5 Å². The maximum atomic E-state index is 12.4. The van der Waals surface area contributed by atoms with Crippen LogP contribution >= 0.6 is 11.3 Å². The molecule has 2 atom stereocenters. The SMILES string of the molecule is NC1CCCCC(c2ncc(C(=O)C(F)(F)F)s2)CCC1. The molecule has 2 unspecified atom stereocenters. The van der Waals surface area contributed by atoms with Gasteiger partial charge in [-0.05, 0) is 25.7 Å². The first-order valence-electron chi connectivity index (χ1n) is 7.20. The average Bonchev–Trinajstić information content (AvgIpc) is 2.90. The Morgan fingerprint density at radius 3 is 2.52 bits per heavy atom. The van der Waals surface area contributed by atoms with E-state index in [-0.39, 0.29) is 16.8 Å². The molecule has 2 N–H and O–H groups in total. The number of nitrogens with two attached hydrogens (primary N) is 1. The van der Waals surface area contributed by atoms with E-state index in [2.05, 4.69) is 4.98 Å². The lowest BCUT2D eigenvalue weighted by Crippen LogP contribution is -2.21. The molecule has 0 saturated heterocycles. The molecule has 1 aliphatic carbocycles. The van der Waals surface area contributed by atoms with Gasteiger partial charge in [-0.2, -0.15) is 13.2 Å². The number of ketones is 1. The molecule has 0 radical (unpaired) electrons. The molecule has 3 nitrogen and oxygen atoms in total. The smallest absolute Gasteiger partial charge is 0.328 e. The quantitative estimate of drug-likeness (QED) is 0.837. The molecule has 21 heavy (non-hydrogen) atoms. The second-order valence-corrected chi connectivity index (χ2v) is 6.62. The molecule has 0 spiro atoms. The summed E-state index contributed by atoms with van der Waals surface area (Å²) in [5, 5.41) is 0.651. The molecule has 1 heterocycles. The van der Waals surface area contributed by atoms with E-state index in [0.29, 0.717) is 5.01 Å². The van der Waals surface area contributed by atoms with Crippen LogP contribution in [0.1, 0.15) is 65.5 Å². The number of aromatic nitrogens is 1. The third kappa shape index (κ3) is 4.51. The zero-order chi connectivity index (χ0) is 15.5. The van der Waals surface area contributed by atoms with Gasteiger partial charge in [0.1, 0.15) is 0 Å². The van der Waals surface area contributed by atoms with Crippen LogP contribution in [0.5, 0.6) is 0 Å². The van der Waals surface area contributed by atoms with Crippen LogP contribution in [0, 0.1) is 0 Å². The minimum absolute atomic E-state index is 0.148. The van der Waals surface area contributed by atoms with E-state index < -0.39 is 12.0 Å². The first kappa shape index (κ1) is 16.4. The van der Waals surface area contributed by atoms with Gasteiger partial charge in [0.05, 0.1) is 9.88 Å². The van der Waals surface area contributed by atoms with Gasteiger partial charge >= 0.3 is 6.18 Å². The van der Waals surface area contributed by atoms with Gasteiger partial charge in [0.2, 0.25) is 0 Å². The Labute approximate surface area is 125 Å². The number of hydrogen-bond donors (Lipinski definition) is 1. The topological polar surface area (TPSA) is 56.0 Å². The number of alkyl halides is 3. The van der Waals surface area contributed by atoms with Crippen molar-refractivity contribution >= 4 is 17.1 Å². The molecule has 1 aliphatic rings. The van der Waals surface area contributed by atoms with E-state index in [9.17, 15) is 18.0 Å². The largest absolute Gasteiger partial charge is 0.455 e. The fraction of sp³-hybridized carbons (Fsp3) is 0.714. The summed E-state index contributed by atoms with van der Waals surface area (Å²) >= 11 is 0.886. The Bertz CT molecular complexity index is 487. The van der Waals surface area contributed by atoms with E-state index in [1.165, 1.54) is 0 Å². The predicted octanol–water partition coefficient (Wildman–Crippen LogP) is 4.04. The van der Waals surface area contributed by atoms with Crippen LogP contribution in [0.15, 0.2) is 6.20 Å². The number of halogens is 3. The maximum Gasteiger partial charge on any atom is 0.455 e. The summed E-state index contributed by atoms with van der Waals surface area (Å²) in [7, 11) is 0. The second-order valence-electron chi connectivity index (χ2n) is 5.56. The van der Waals surface area contributed by atoms with Crippen molar-refractivity contribution in [3.05, 3.63) is 16.1 Å². The summed E-state index contributed by atoms with van der Waals surface area (Å²) in [6.07, 6.45) is 2.95. The van der Waals surface area contributed by atoms with Crippen LogP contribution in [-0.4, -0.2) is 23.0 Å².